The number of benzene rings is 1. The highest BCUT2D eigenvalue weighted by atomic mass is 32.1. The van der Waals surface area contributed by atoms with Crippen molar-refractivity contribution in [3.05, 3.63) is 34.9 Å². The predicted molar refractivity (Wildman–Crippen MR) is 61.8 cm³/mol. The zero-order chi connectivity index (χ0) is 15.0. The number of nitrogens with two attached hydrogens (primary N) is 1. The summed E-state index contributed by atoms with van der Waals surface area (Å²) in [5.74, 6) is 0. The molecule has 2 N–H and O–H groups in total. The lowest BCUT2D eigenvalue weighted by atomic mass is 10.00. The minimum atomic E-state index is -4.86. The van der Waals surface area contributed by atoms with Gasteiger partial charge in [-0.05, 0) is 30.7 Å². The zero-order valence-electron chi connectivity index (χ0n) is 9.68. The van der Waals surface area contributed by atoms with E-state index in [0.29, 0.717) is 12.1 Å². The van der Waals surface area contributed by atoms with Gasteiger partial charge in [0.2, 0.25) is 0 Å². The topological polar surface area (TPSA) is 26.0 Å². The molecule has 0 fully saturated rings. The van der Waals surface area contributed by atoms with E-state index in [1.54, 1.807) is 0 Å². The Hall–Kier alpha value is -0.890. The summed E-state index contributed by atoms with van der Waals surface area (Å²) in [4.78, 5) is 0. The molecule has 108 valence electrons. The van der Waals surface area contributed by atoms with Crippen molar-refractivity contribution in [2.75, 3.05) is 0 Å². The first-order valence-corrected chi connectivity index (χ1v) is 5.67. The monoisotopic (exact) mass is 303 g/mol. The fraction of sp³-hybridized carbons (Fsp3) is 0.455. The first-order chi connectivity index (χ1) is 8.43. The van der Waals surface area contributed by atoms with Gasteiger partial charge in [-0.25, -0.2) is 0 Å². The number of thiol groups is 1. The maximum Gasteiger partial charge on any atom is 0.416 e. The summed E-state index contributed by atoms with van der Waals surface area (Å²) in [6, 6.07) is 0.658. The van der Waals surface area contributed by atoms with Gasteiger partial charge in [0.25, 0.3) is 0 Å². The van der Waals surface area contributed by atoms with Crippen molar-refractivity contribution in [1.29, 1.82) is 0 Å². The third-order valence-electron chi connectivity index (χ3n) is 2.45. The average molecular weight is 303 g/mol. The van der Waals surface area contributed by atoms with Crippen LogP contribution in [0.15, 0.2) is 18.2 Å². The Morgan fingerprint density at radius 1 is 0.947 bits per heavy atom. The summed E-state index contributed by atoms with van der Waals surface area (Å²) in [5, 5.41) is -0.914. The molecule has 0 bridgehead atoms. The van der Waals surface area contributed by atoms with Crippen LogP contribution in [0, 0.1) is 0 Å². The van der Waals surface area contributed by atoms with Gasteiger partial charge in [0.05, 0.1) is 11.1 Å². The minimum absolute atomic E-state index is 0.0746. The molecule has 1 rings (SSSR count). The van der Waals surface area contributed by atoms with E-state index in [9.17, 15) is 26.3 Å². The Balaban J connectivity index is 3.41. The Morgan fingerprint density at radius 2 is 1.32 bits per heavy atom. The van der Waals surface area contributed by atoms with Crippen molar-refractivity contribution in [1.82, 2.24) is 0 Å². The Bertz CT molecular complexity index is 419. The van der Waals surface area contributed by atoms with Crippen molar-refractivity contribution in [3.63, 3.8) is 0 Å². The quantitative estimate of drug-likeness (QED) is 0.626. The van der Waals surface area contributed by atoms with Crippen molar-refractivity contribution in [3.8, 4) is 0 Å². The van der Waals surface area contributed by atoms with Crippen LogP contribution in [0.2, 0.25) is 0 Å². The van der Waals surface area contributed by atoms with E-state index < -0.39 is 34.8 Å². The molecule has 0 spiro atoms. The standard InChI is InChI=1S/C11H11F6NS/c1-5(18)9(19)6-2-7(10(12,13)14)4-8(3-6)11(15,16)17/h2-5,9,19H,18H2,1H3/t5-,9?/m0/s1. The fourth-order valence-electron chi connectivity index (χ4n) is 1.45. The van der Waals surface area contributed by atoms with E-state index in [4.69, 9.17) is 5.73 Å². The van der Waals surface area contributed by atoms with Gasteiger partial charge in [-0.1, -0.05) is 0 Å². The molecule has 0 aliphatic carbocycles. The molecule has 1 aromatic rings. The van der Waals surface area contributed by atoms with E-state index in [1.165, 1.54) is 6.92 Å². The van der Waals surface area contributed by atoms with Gasteiger partial charge in [0.1, 0.15) is 0 Å². The molecular weight excluding hydrogens is 292 g/mol. The first kappa shape index (κ1) is 16.2. The first-order valence-electron chi connectivity index (χ1n) is 5.16. The van der Waals surface area contributed by atoms with E-state index in [2.05, 4.69) is 12.6 Å². The summed E-state index contributed by atoms with van der Waals surface area (Å²) < 4.78 is 75.5. The molecule has 2 atom stereocenters. The molecule has 0 radical (unpaired) electrons. The van der Waals surface area contributed by atoms with Gasteiger partial charge in [0, 0.05) is 11.3 Å². The van der Waals surface area contributed by atoms with Gasteiger partial charge >= 0.3 is 12.4 Å². The lowest BCUT2D eigenvalue weighted by Crippen LogP contribution is -2.22. The van der Waals surface area contributed by atoms with Gasteiger partial charge in [-0.2, -0.15) is 39.0 Å². The molecule has 19 heavy (non-hydrogen) atoms. The molecule has 0 amide bonds. The molecule has 0 heterocycles. The highest BCUT2D eigenvalue weighted by molar-refractivity contribution is 7.80. The maximum absolute atomic E-state index is 12.6. The molecule has 1 nitrogen and oxygen atoms in total. The van der Waals surface area contributed by atoms with Gasteiger partial charge in [0.15, 0.2) is 0 Å². The highest BCUT2D eigenvalue weighted by Gasteiger charge is 2.37. The molecule has 1 aromatic carbocycles. The van der Waals surface area contributed by atoms with E-state index in [0.717, 1.165) is 0 Å². The van der Waals surface area contributed by atoms with Crippen LogP contribution in [0.4, 0.5) is 26.3 Å². The zero-order valence-corrected chi connectivity index (χ0v) is 10.6. The van der Waals surface area contributed by atoms with Crippen LogP contribution in [0.25, 0.3) is 0 Å². The molecule has 1 unspecified atom stereocenters. The average Bonchev–Trinajstić information content (AvgIpc) is 2.24. The number of rotatable bonds is 2. The lowest BCUT2D eigenvalue weighted by Gasteiger charge is -2.19. The molecule has 0 aliphatic heterocycles. The smallest absolute Gasteiger partial charge is 0.327 e. The van der Waals surface area contributed by atoms with Crippen LogP contribution in [0.3, 0.4) is 0 Å². The number of hydrogen-bond donors (Lipinski definition) is 2. The number of hydrogen-bond acceptors (Lipinski definition) is 2. The molecule has 0 saturated heterocycles. The molecule has 0 saturated carbocycles. The second kappa shape index (κ2) is 5.24. The van der Waals surface area contributed by atoms with E-state index in [1.807, 2.05) is 0 Å². The van der Waals surface area contributed by atoms with Crippen LogP contribution < -0.4 is 5.73 Å². The molecule has 0 aromatic heterocycles. The van der Waals surface area contributed by atoms with Gasteiger partial charge in [-0.3, -0.25) is 0 Å². The van der Waals surface area contributed by atoms with E-state index in [-0.39, 0.29) is 11.6 Å². The third-order valence-corrected chi connectivity index (χ3v) is 3.22. The van der Waals surface area contributed by atoms with Crippen LogP contribution in [0.1, 0.15) is 28.9 Å². The van der Waals surface area contributed by atoms with E-state index >= 15 is 0 Å². The van der Waals surface area contributed by atoms with Crippen LogP contribution >= 0.6 is 12.6 Å². The predicted octanol–water partition coefficient (Wildman–Crippen LogP) is 4.04. The summed E-state index contributed by atoms with van der Waals surface area (Å²) in [6.07, 6.45) is -9.72. The Morgan fingerprint density at radius 3 is 1.58 bits per heavy atom. The Kier molecular flexibility index (Phi) is 4.46. The third kappa shape index (κ3) is 4.04. The van der Waals surface area contributed by atoms with Crippen molar-refractivity contribution < 1.29 is 26.3 Å². The lowest BCUT2D eigenvalue weighted by molar-refractivity contribution is -0.143. The van der Waals surface area contributed by atoms with Crippen molar-refractivity contribution in [2.45, 2.75) is 30.6 Å². The molecular formula is C11H11F6NS. The highest BCUT2D eigenvalue weighted by Crippen LogP contribution is 2.38. The van der Waals surface area contributed by atoms with Crippen LogP contribution in [0.5, 0.6) is 0 Å². The second-order valence-electron chi connectivity index (χ2n) is 4.14. The number of halogens is 6. The maximum atomic E-state index is 12.6. The summed E-state index contributed by atoms with van der Waals surface area (Å²) >= 11 is 3.94. The fourth-order valence-corrected chi connectivity index (χ4v) is 1.60. The second-order valence-corrected chi connectivity index (χ2v) is 4.70. The van der Waals surface area contributed by atoms with Gasteiger partial charge in [-0.15, -0.1) is 0 Å². The molecule has 0 aliphatic rings. The summed E-state index contributed by atoms with van der Waals surface area (Å²) in [6.45, 7) is 1.45. The van der Waals surface area contributed by atoms with Crippen molar-refractivity contribution in [2.24, 2.45) is 5.73 Å². The SMILES string of the molecule is C[C@H](N)C(S)c1cc(C(F)(F)F)cc(C(F)(F)F)c1. The van der Waals surface area contributed by atoms with Crippen molar-refractivity contribution >= 4 is 12.6 Å². The summed E-state index contributed by atoms with van der Waals surface area (Å²) in [5.41, 5.74) is 2.51. The molecule has 8 heteroatoms. The van der Waals surface area contributed by atoms with Gasteiger partial charge < -0.3 is 5.73 Å². The summed E-state index contributed by atoms with van der Waals surface area (Å²) in [7, 11) is 0. The Labute approximate surface area is 111 Å². The van der Waals surface area contributed by atoms with Crippen LogP contribution in [-0.2, 0) is 12.4 Å². The minimum Gasteiger partial charge on any atom is -0.327 e. The normalized spacial score (nSPS) is 16.3. The number of alkyl halides is 6. The van der Waals surface area contributed by atoms with Crippen LogP contribution in [-0.4, -0.2) is 6.04 Å². The largest absolute Gasteiger partial charge is 0.416 e.